The van der Waals surface area contributed by atoms with Crippen LogP contribution in [0.15, 0.2) is 12.1 Å². The Morgan fingerprint density at radius 1 is 1.35 bits per heavy atom. The summed E-state index contributed by atoms with van der Waals surface area (Å²) in [5, 5.41) is 0. The largest absolute Gasteiger partial charge is 0.493 e. The summed E-state index contributed by atoms with van der Waals surface area (Å²) < 4.78 is 17.5. The Hall–Kier alpha value is -1.64. The molecule has 0 aromatic heterocycles. The highest BCUT2D eigenvalue weighted by molar-refractivity contribution is 5.70. The Morgan fingerprint density at radius 3 is 2.65 bits per heavy atom. The van der Waals surface area contributed by atoms with Gasteiger partial charge in [-0.15, -0.1) is 0 Å². The van der Waals surface area contributed by atoms with Crippen molar-refractivity contribution in [3.05, 3.63) is 23.3 Å². The zero-order chi connectivity index (χ0) is 14.9. The molecule has 1 atom stereocenters. The van der Waals surface area contributed by atoms with Crippen molar-refractivity contribution in [1.82, 2.24) is 0 Å². The Labute approximate surface area is 121 Å². The van der Waals surface area contributed by atoms with Crippen LogP contribution in [-0.2, 0) is 0 Å². The molecule has 0 aliphatic carbocycles. The van der Waals surface area contributed by atoms with E-state index >= 15 is 0 Å². The third-order valence-corrected chi connectivity index (χ3v) is 3.63. The number of hydrogen-bond donors (Lipinski definition) is 0. The lowest BCUT2D eigenvalue weighted by Crippen LogP contribution is -2.27. The lowest BCUT2D eigenvalue weighted by atomic mass is 9.98. The van der Waals surface area contributed by atoms with Crippen molar-refractivity contribution in [3.8, 4) is 17.2 Å². The minimum atomic E-state index is -0.290. The summed E-state index contributed by atoms with van der Waals surface area (Å²) in [6.45, 7) is 10.3. The van der Waals surface area contributed by atoms with Gasteiger partial charge in [-0.25, -0.2) is 0 Å². The van der Waals surface area contributed by atoms with Gasteiger partial charge in [0.25, 0.3) is 0 Å². The number of benzene rings is 1. The summed E-state index contributed by atoms with van der Waals surface area (Å²) in [5.41, 5.74) is 1.83. The second-order valence-electron chi connectivity index (χ2n) is 5.82. The second-order valence-corrected chi connectivity index (χ2v) is 5.82. The molecule has 20 heavy (non-hydrogen) atoms. The van der Waals surface area contributed by atoms with Crippen LogP contribution in [0.2, 0.25) is 0 Å². The Balaban J connectivity index is 2.50. The van der Waals surface area contributed by atoms with Crippen molar-refractivity contribution < 1.29 is 14.2 Å². The molecule has 1 unspecified atom stereocenters. The minimum absolute atomic E-state index is 0.147. The quantitative estimate of drug-likeness (QED) is 0.817. The van der Waals surface area contributed by atoms with Gasteiger partial charge >= 0.3 is 0 Å². The Bertz CT molecular complexity index is 530. The molecule has 0 radical (unpaired) electrons. The van der Waals surface area contributed by atoms with E-state index in [1.807, 2.05) is 26.8 Å². The van der Waals surface area contributed by atoms with Gasteiger partial charge in [-0.05, 0) is 40.2 Å². The molecule has 1 aromatic carbocycles. The van der Waals surface area contributed by atoms with Gasteiger partial charge in [0.1, 0.15) is 11.4 Å². The van der Waals surface area contributed by atoms with E-state index in [0.717, 1.165) is 34.8 Å². The first kappa shape index (κ1) is 14.8. The fourth-order valence-electron chi connectivity index (χ4n) is 2.29. The van der Waals surface area contributed by atoms with Crippen LogP contribution in [0.1, 0.15) is 45.2 Å². The van der Waals surface area contributed by atoms with Crippen molar-refractivity contribution in [2.45, 2.75) is 52.7 Å². The maximum Gasteiger partial charge on any atom is 0.165 e. The van der Waals surface area contributed by atoms with Gasteiger partial charge < -0.3 is 14.2 Å². The molecule has 1 heterocycles. The Kier molecular flexibility index (Phi) is 3.98. The van der Waals surface area contributed by atoms with E-state index < -0.39 is 0 Å². The normalized spacial score (nSPS) is 17.1. The standard InChI is InChI=1S/C17H24O3/c1-7-11(2)19-15-10-14-13(12(3)16(15)18-6)8-9-17(4,5)20-14/h8-11H,7H2,1-6H3. The molecule has 0 fully saturated rings. The molecule has 0 saturated carbocycles. The number of rotatable bonds is 4. The van der Waals surface area contributed by atoms with Gasteiger partial charge in [-0.3, -0.25) is 0 Å². The molecule has 1 aliphatic rings. The predicted octanol–water partition coefficient (Wildman–Crippen LogP) is 4.37. The molecule has 0 N–H and O–H groups in total. The maximum absolute atomic E-state index is 6.03. The van der Waals surface area contributed by atoms with E-state index in [9.17, 15) is 0 Å². The number of ether oxygens (including phenoxy) is 3. The third-order valence-electron chi connectivity index (χ3n) is 3.63. The molecule has 1 aromatic rings. The van der Waals surface area contributed by atoms with E-state index in [0.29, 0.717) is 0 Å². The van der Waals surface area contributed by atoms with Gasteiger partial charge in [0.15, 0.2) is 11.5 Å². The van der Waals surface area contributed by atoms with Crippen LogP contribution in [0.25, 0.3) is 6.08 Å². The highest BCUT2D eigenvalue weighted by Gasteiger charge is 2.26. The van der Waals surface area contributed by atoms with Gasteiger partial charge in [0, 0.05) is 17.2 Å². The van der Waals surface area contributed by atoms with E-state index in [4.69, 9.17) is 14.2 Å². The number of hydrogen-bond acceptors (Lipinski definition) is 3. The third kappa shape index (κ3) is 2.77. The molecule has 0 spiro atoms. The van der Waals surface area contributed by atoms with Crippen molar-refractivity contribution in [2.75, 3.05) is 7.11 Å². The fraction of sp³-hybridized carbons (Fsp3) is 0.529. The van der Waals surface area contributed by atoms with E-state index in [1.165, 1.54) is 0 Å². The van der Waals surface area contributed by atoms with Crippen LogP contribution in [-0.4, -0.2) is 18.8 Å². The first-order valence-electron chi connectivity index (χ1n) is 7.14. The van der Waals surface area contributed by atoms with Gasteiger partial charge in [-0.2, -0.15) is 0 Å². The smallest absolute Gasteiger partial charge is 0.165 e. The zero-order valence-electron chi connectivity index (χ0n) is 13.2. The van der Waals surface area contributed by atoms with Crippen LogP contribution in [0.4, 0.5) is 0 Å². The first-order valence-corrected chi connectivity index (χ1v) is 7.14. The van der Waals surface area contributed by atoms with Crippen molar-refractivity contribution in [1.29, 1.82) is 0 Å². The fourth-order valence-corrected chi connectivity index (χ4v) is 2.29. The highest BCUT2D eigenvalue weighted by atomic mass is 16.5. The van der Waals surface area contributed by atoms with Crippen molar-refractivity contribution >= 4 is 6.08 Å². The SMILES string of the molecule is CCC(C)Oc1cc2c(c(C)c1OC)C=CC(C)(C)O2. The van der Waals surface area contributed by atoms with Crippen molar-refractivity contribution in [2.24, 2.45) is 0 Å². The average molecular weight is 276 g/mol. The first-order chi connectivity index (χ1) is 9.38. The highest BCUT2D eigenvalue weighted by Crippen LogP contribution is 2.43. The molecular weight excluding hydrogens is 252 g/mol. The summed E-state index contributed by atoms with van der Waals surface area (Å²) in [7, 11) is 1.68. The predicted molar refractivity (Wildman–Crippen MR) is 81.9 cm³/mol. The second kappa shape index (κ2) is 5.39. The van der Waals surface area contributed by atoms with Gasteiger partial charge in [-0.1, -0.05) is 13.0 Å². The molecule has 0 bridgehead atoms. The maximum atomic E-state index is 6.03. The van der Waals surface area contributed by atoms with Crippen LogP contribution in [0.3, 0.4) is 0 Å². The zero-order valence-corrected chi connectivity index (χ0v) is 13.2. The van der Waals surface area contributed by atoms with Gasteiger partial charge in [0.2, 0.25) is 0 Å². The number of fused-ring (bicyclic) bond motifs is 1. The average Bonchev–Trinajstić information content (AvgIpc) is 2.37. The molecule has 0 saturated heterocycles. The summed E-state index contributed by atoms with van der Waals surface area (Å²) in [5.74, 6) is 2.40. The van der Waals surface area contributed by atoms with Crippen molar-refractivity contribution in [3.63, 3.8) is 0 Å². The van der Waals surface area contributed by atoms with Crippen LogP contribution in [0, 0.1) is 6.92 Å². The summed E-state index contributed by atoms with van der Waals surface area (Å²) >= 11 is 0. The van der Waals surface area contributed by atoms with Crippen LogP contribution in [0.5, 0.6) is 17.2 Å². The molecular formula is C17H24O3. The molecule has 3 heteroatoms. The molecule has 110 valence electrons. The topological polar surface area (TPSA) is 27.7 Å². The summed E-state index contributed by atoms with van der Waals surface area (Å²) in [6, 6.07) is 1.94. The molecule has 0 amide bonds. The lowest BCUT2D eigenvalue weighted by molar-refractivity contribution is 0.155. The number of methoxy groups -OCH3 is 1. The summed E-state index contributed by atoms with van der Waals surface area (Å²) in [6.07, 6.45) is 5.26. The Morgan fingerprint density at radius 2 is 2.05 bits per heavy atom. The van der Waals surface area contributed by atoms with E-state index in [2.05, 4.69) is 26.0 Å². The minimum Gasteiger partial charge on any atom is -0.493 e. The monoisotopic (exact) mass is 276 g/mol. The van der Waals surface area contributed by atoms with Gasteiger partial charge in [0.05, 0.1) is 13.2 Å². The van der Waals surface area contributed by atoms with Crippen LogP contribution >= 0.6 is 0 Å². The van der Waals surface area contributed by atoms with Crippen LogP contribution < -0.4 is 14.2 Å². The van der Waals surface area contributed by atoms with E-state index in [-0.39, 0.29) is 11.7 Å². The molecule has 2 rings (SSSR count). The molecule has 3 nitrogen and oxygen atoms in total. The summed E-state index contributed by atoms with van der Waals surface area (Å²) in [4.78, 5) is 0. The lowest BCUT2D eigenvalue weighted by Gasteiger charge is -2.30. The van der Waals surface area contributed by atoms with E-state index in [1.54, 1.807) is 7.11 Å². The molecule has 1 aliphatic heterocycles.